The average molecular weight is 159 g/mol. The fraction of sp³-hybridized carbons (Fsp3) is 0.714. The molecule has 0 aliphatic rings. The third-order valence-corrected chi connectivity index (χ3v) is 2.13. The fourth-order valence-electron chi connectivity index (χ4n) is 0.378. The zero-order valence-electron chi connectivity index (χ0n) is 6.92. The van der Waals surface area contributed by atoms with Crippen LogP contribution in [0.5, 0.6) is 0 Å². The molecule has 0 bridgehead atoms. The van der Waals surface area contributed by atoms with E-state index in [-0.39, 0.29) is 0 Å². The van der Waals surface area contributed by atoms with Gasteiger partial charge in [-0.3, -0.25) is 4.79 Å². The van der Waals surface area contributed by atoms with E-state index in [1.165, 1.54) is 20.8 Å². The highest BCUT2D eigenvalue weighted by molar-refractivity contribution is 5.82. The highest BCUT2D eigenvalue weighted by Crippen LogP contribution is 2.26. The van der Waals surface area contributed by atoms with Crippen LogP contribution in [0.15, 0.2) is 0 Å². The van der Waals surface area contributed by atoms with Gasteiger partial charge in [0.05, 0.1) is 11.0 Å². The van der Waals surface area contributed by atoms with Gasteiger partial charge in [0.1, 0.15) is 6.29 Å². The van der Waals surface area contributed by atoms with Gasteiger partial charge in [-0.15, -0.1) is 0 Å². The molecule has 64 valence electrons. The van der Waals surface area contributed by atoms with Crippen LogP contribution >= 0.6 is 0 Å². The molecular formula is C7H13NO3. The van der Waals surface area contributed by atoms with Crippen molar-refractivity contribution in [2.24, 2.45) is 11.1 Å². The third-order valence-electron chi connectivity index (χ3n) is 2.13. The number of aldehydes is 1. The van der Waals surface area contributed by atoms with Crippen molar-refractivity contribution in [3.63, 3.8) is 0 Å². The molecule has 0 rings (SSSR count). The smallest absolute Gasteiger partial charge is 0.311 e. The van der Waals surface area contributed by atoms with Gasteiger partial charge in [-0.2, -0.15) is 0 Å². The molecule has 4 nitrogen and oxygen atoms in total. The first-order valence-corrected chi connectivity index (χ1v) is 3.24. The molecular weight excluding hydrogens is 146 g/mol. The first kappa shape index (κ1) is 10.1. The minimum atomic E-state index is -1.32. The SMILES string of the molecule is CC(N)(C=O)C(C)(C)C(=O)O. The van der Waals surface area contributed by atoms with Crippen LogP contribution in [0.2, 0.25) is 0 Å². The zero-order chi connectivity index (χ0) is 9.28. The van der Waals surface area contributed by atoms with Gasteiger partial charge >= 0.3 is 5.97 Å². The van der Waals surface area contributed by atoms with Gasteiger partial charge in [0.25, 0.3) is 0 Å². The summed E-state index contributed by atoms with van der Waals surface area (Å²) >= 11 is 0. The Kier molecular flexibility index (Phi) is 2.40. The molecule has 0 aromatic carbocycles. The topological polar surface area (TPSA) is 80.4 Å². The molecule has 0 amide bonds. The highest BCUT2D eigenvalue weighted by atomic mass is 16.4. The largest absolute Gasteiger partial charge is 0.481 e. The minimum Gasteiger partial charge on any atom is -0.481 e. The molecule has 11 heavy (non-hydrogen) atoms. The molecule has 1 atom stereocenters. The van der Waals surface area contributed by atoms with E-state index in [2.05, 4.69) is 0 Å². The summed E-state index contributed by atoms with van der Waals surface area (Å²) in [5.74, 6) is -1.07. The number of hydrogen-bond acceptors (Lipinski definition) is 3. The van der Waals surface area contributed by atoms with Crippen LogP contribution in [0, 0.1) is 5.41 Å². The van der Waals surface area contributed by atoms with Crippen LogP contribution in [0.25, 0.3) is 0 Å². The quantitative estimate of drug-likeness (QED) is 0.568. The molecule has 0 aliphatic carbocycles. The summed E-state index contributed by atoms with van der Waals surface area (Å²) in [5.41, 5.74) is 2.90. The average Bonchev–Trinajstić information content (AvgIpc) is 1.87. The van der Waals surface area contributed by atoms with E-state index in [0.717, 1.165) is 0 Å². The van der Waals surface area contributed by atoms with E-state index in [0.29, 0.717) is 6.29 Å². The van der Waals surface area contributed by atoms with Crippen molar-refractivity contribution in [3.05, 3.63) is 0 Å². The number of carbonyl (C=O) groups excluding carboxylic acids is 1. The molecule has 0 aromatic heterocycles. The van der Waals surface area contributed by atoms with Gasteiger partial charge in [-0.25, -0.2) is 0 Å². The normalized spacial score (nSPS) is 17.1. The lowest BCUT2D eigenvalue weighted by molar-refractivity contribution is -0.152. The number of carboxylic acid groups (broad SMARTS) is 1. The van der Waals surface area contributed by atoms with E-state index in [4.69, 9.17) is 10.8 Å². The van der Waals surface area contributed by atoms with Crippen molar-refractivity contribution in [3.8, 4) is 0 Å². The first-order chi connectivity index (χ1) is 4.75. The molecule has 0 fully saturated rings. The number of aliphatic carboxylic acids is 1. The van der Waals surface area contributed by atoms with E-state index < -0.39 is 16.9 Å². The maximum Gasteiger partial charge on any atom is 0.311 e. The Labute approximate surface area is 65.4 Å². The second-order valence-corrected chi connectivity index (χ2v) is 3.33. The monoisotopic (exact) mass is 159 g/mol. The summed E-state index contributed by atoms with van der Waals surface area (Å²) in [6.07, 6.45) is 0.459. The maximum atomic E-state index is 10.6. The fourth-order valence-corrected chi connectivity index (χ4v) is 0.378. The molecule has 0 heterocycles. The highest BCUT2D eigenvalue weighted by Gasteiger charge is 2.43. The Morgan fingerprint density at radius 3 is 1.91 bits per heavy atom. The van der Waals surface area contributed by atoms with Gasteiger partial charge in [-0.1, -0.05) is 0 Å². The molecule has 0 saturated carbocycles. The summed E-state index contributed by atoms with van der Waals surface area (Å²) in [6.45, 7) is 4.24. The summed E-state index contributed by atoms with van der Waals surface area (Å²) in [4.78, 5) is 21.0. The van der Waals surface area contributed by atoms with Crippen LogP contribution in [0.3, 0.4) is 0 Å². The number of carbonyl (C=O) groups is 2. The number of rotatable bonds is 3. The second-order valence-electron chi connectivity index (χ2n) is 3.33. The summed E-state index contributed by atoms with van der Waals surface area (Å²) in [6, 6.07) is 0. The molecule has 0 spiro atoms. The lowest BCUT2D eigenvalue weighted by atomic mass is 9.75. The Balaban J connectivity index is 4.81. The van der Waals surface area contributed by atoms with Crippen molar-refractivity contribution in [1.82, 2.24) is 0 Å². The van der Waals surface area contributed by atoms with Crippen LogP contribution < -0.4 is 5.73 Å². The number of carboxylic acids is 1. The molecule has 0 aromatic rings. The van der Waals surface area contributed by atoms with Gasteiger partial charge in [0.2, 0.25) is 0 Å². The van der Waals surface area contributed by atoms with Crippen molar-refractivity contribution in [1.29, 1.82) is 0 Å². The standard InChI is InChI=1S/C7H13NO3/c1-6(2,5(10)11)7(3,8)4-9/h4H,8H2,1-3H3,(H,10,11). The summed E-state index contributed by atoms with van der Waals surface area (Å²) < 4.78 is 0. The minimum absolute atomic E-state index is 0.459. The van der Waals surface area contributed by atoms with Gasteiger partial charge in [0.15, 0.2) is 0 Å². The van der Waals surface area contributed by atoms with Crippen LogP contribution in [0.4, 0.5) is 0 Å². The Hall–Kier alpha value is -0.900. The molecule has 0 aliphatic heterocycles. The Morgan fingerprint density at radius 1 is 1.45 bits per heavy atom. The Bertz CT molecular complexity index is 184. The van der Waals surface area contributed by atoms with Crippen molar-refractivity contribution < 1.29 is 14.7 Å². The van der Waals surface area contributed by atoms with Crippen LogP contribution in [0.1, 0.15) is 20.8 Å². The predicted molar refractivity (Wildman–Crippen MR) is 40.1 cm³/mol. The molecule has 0 saturated heterocycles. The van der Waals surface area contributed by atoms with Gasteiger partial charge < -0.3 is 15.6 Å². The van der Waals surface area contributed by atoms with Gasteiger partial charge in [-0.05, 0) is 20.8 Å². The van der Waals surface area contributed by atoms with Crippen molar-refractivity contribution >= 4 is 12.3 Å². The van der Waals surface area contributed by atoms with Gasteiger partial charge in [0, 0.05) is 0 Å². The molecule has 0 radical (unpaired) electrons. The number of nitrogens with two attached hydrogens (primary N) is 1. The second kappa shape index (κ2) is 2.62. The van der Waals surface area contributed by atoms with Crippen LogP contribution in [-0.2, 0) is 9.59 Å². The zero-order valence-corrected chi connectivity index (χ0v) is 6.92. The third kappa shape index (κ3) is 1.57. The molecule has 3 N–H and O–H groups in total. The molecule has 4 heteroatoms. The van der Waals surface area contributed by atoms with E-state index in [9.17, 15) is 9.59 Å². The van der Waals surface area contributed by atoms with Crippen molar-refractivity contribution in [2.75, 3.05) is 0 Å². The lowest BCUT2D eigenvalue weighted by Gasteiger charge is -2.32. The Morgan fingerprint density at radius 2 is 1.82 bits per heavy atom. The number of hydrogen-bond donors (Lipinski definition) is 2. The summed E-state index contributed by atoms with van der Waals surface area (Å²) in [7, 11) is 0. The van der Waals surface area contributed by atoms with Crippen molar-refractivity contribution in [2.45, 2.75) is 26.3 Å². The van der Waals surface area contributed by atoms with Crippen LogP contribution in [-0.4, -0.2) is 22.9 Å². The summed E-state index contributed by atoms with van der Waals surface area (Å²) in [5, 5.41) is 8.67. The predicted octanol–water partition coefficient (Wildman–Crippen LogP) is 0.0135. The van der Waals surface area contributed by atoms with E-state index in [1.54, 1.807) is 0 Å². The maximum absolute atomic E-state index is 10.6. The first-order valence-electron chi connectivity index (χ1n) is 3.24. The lowest BCUT2D eigenvalue weighted by Crippen LogP contribution is -2.55. The molecule has 1 unspecified atom stereocenters. The van der Waals surface area contributed by atoms with E-state index >= 15 is 0 Å². The van der Waals surface area contributed by atoms with E-state index in [1.807, 2.05) is 0 Å².